The Labute approximate surface area is 151 Å². The van der Waals surface area contributed by atoms with Crippen LogP contribution in [0.2, 0.25) is 0 Å². The molecule has 0 radical (unpaired) electrons. The maximum absolute atomic E-state index is 12.0. The van der Waals surface area contributed by atoms with E-state index in [4.69, 9.17) is 5.26 Å². The second kappa shape index (κ2) is 9.59. The number of nitrogens with one attached hydrogen (secondary N) is 2. The van der Waals surface area contributed by atoms with Gasteiger partial charge in [0.25, 0.3) is 5.91 Å². The van der Waals surface area contributed by atoms with Gasteiger partial charge in [-0.15, -0.1) is 0 Å². The van der Waals surface area contributed by atoms with E-state index < -0.39 is 11.9 Å². The van der Waals surface area contributed by atoms with Gasteiger partial charge >= 0.3 is 5.97 Å². The minimum Gasteiger partial charge on any atom is -0.465 e. The molecule has 1 aromatic carbocycles. The van der Waals surface area contributed by atoms with Gasteiger partial charge in [-0.05, 0) is 29.3 Å². The average molecular weight is 350 g/mol. The number of methoxy groups -OCH3 is 1. The molecule has 0 spiro atoms. The van der Waals surface area contributed by atoms with Gasteiger partial charge in [0.05, 0.1) is 12.7 Å². The van der Waals surface area contributed by atoms with Crippen molar-refractivity contribution in [1.82, 2.24) is 15.6 Å². The molecule has 2 aromatic rings. The minimum atomic E-state index is -0.468. The Hall–Kier alpha value is -3.66. The van der Waals surface area contributed by atoms with Crippen molar-refractivity contribution in [2.75, 3.05) is 7.11 Å². The summed E-state index contributed by atoms with van der Waals surface area (Å²) < 4.78 is 4.64. The van der Waals surface area contributed by atoms with Gasteiger partial charge in [-0.3, -0.25) is 9.78 Å². The van der Waals surface area contributed by atoms with E-state index in [1.165, 1.54) is 13.3 Å². The van der Waals surface area contributed by atoms with Crippen molar-refractivity contribution in [2.45, 2.75) is 13.1 Å². The molecule has 1 aromatic heterocycles. The molecule has 0 unspecified atom stereocenters. The van der Waals surface area contributed by atoms with Gasteiger partial charge in [-0.1, -0.05) is 18.2 Å². The van der Waals surface area contributed by atoms with Gasteiger partial charge in [0.1, 0.15) is 11.6 Å². The first-order chi connectivity index (χ1) is 12.6. The van der Waals surface area contributed by atoms with E-state index in [9.17, 15) is 9.59 Å². The molecule has 0 bridgehead atoms. The summed E-state index contributed by atoms with van der Waals surface area (Å²) in [6.07, 6.45) is 4.66. The molecule has 1 amide bonds. The molecule has 0 saturated heterocycles. The Morgan fingerprint density at radius 1 is 1.19 bits per heavy atom. The number of ether oxygens (including phenoxy) is 1. The van der Waals surface area contributed by atoms with Crippen LogP contribution in [0.25, 0.3) is 0 Å². The van der Waals surface area contributed by atoms with Crippen molar-refractivity contribution < 1.29 is 14.3 Å². The second-order valence-electron chi connectivity index (χ2n) is 5.28. The van der Waals surface area contributed by atoms with Gasteiger partial charge in [-0.2, -0.15) is 5.26 Å². The molecule has 2 N–H and O–H groups in total. The van der Waals surface area contributed by atoms with Gasteiger partial charge in [0.15, 0.2) is 0 Å². The standard InChI is InChI=1S/C19H18N4O3/c1-26-19(25)16-6-4-14(5-7-16)10-22-13-17(9-20)18(24)23-12-15-3-2-8-21-11-15/h2-8,11,13,22H,10,12H2,1H3,(H,23,24)/b17-13-. The second-order valence-corrected chi connectivity index (χ2v) is 5.28. The van der Waals surface area contributed by atoms with Crippen LogP contribution in [-0.4, -0.2) is 24.0 Å². The third kappa shape index (κ3) is 5.46. The van der Waals surface area contributed by atoms with Gasteiger partial charge in [0.2, 0.25) is 0 Å². The van der Waals surface area contributed by atoms with Gasteiger partial charge < -0.3 is 15.4 Å². The number of nitriles is 1. The van der Waals surface area contributed by atoms with Crippen LogP contribution in [0, 0.1) is 11.3 Å². The number of rotatable bonds is 7. The van der Waals surface area contributed by atoms with E-state index in [0.29, 0.717) is 18.7 Å². The van der Waals surface area contributed by atoms with Gasteiger partial charge in [0, 0.05) is 31.7 Å². The predicted molar refractivity (Wildman–Crippen MR) is 94.4 cm³/mol. The van der Waals surface area contributed by atoms with Crippen molar-refractivity contribution in [3.63, 3.8) is 0 Å². The lowest BCUT2D eigenvalue weighted by Crippen LogP contribution is -2.25. The average Bonchev–Trinajstić information content (AvgIpc) is 2.70. The molecule has 7 heteroatoms. The third-order valence-corrected chi connectivity index (χ3v) is 3.47. The molecular weight excluding hydrogens is 332 g/mol. The SMILES string of the molecule is COC(=O)c1ccc(CN/C=C(/C#N)C(=O)NCc2cccnc2)cc1. The maximum atomic E-state index is 12.0. The summed E-state index contributed by atoms with van der Waals surface area (Å²) in [6, 6.07) is 12.3. The van der Waals surface area contributed by atoms with Crippen LogP contribution < -0.4 is 10.6 Å². The number of nitrogens with zero attached hydrogens (tertiary/aromatic N) is 2. The Kier molecular flexibility index (Phi) is 6.89. The van der Waals surface area contributed by atoms with Crippen molar-refractivity contribution in [3.05, 3.63) is 77.3 Å². The Morgan fingerprint density at radius 2 is 1.96 bits per heavy atom. The quantitative estimate of drug-likeness (QED) is 0.447. The molecule has 26 heavy (non-hydrogen) atoms. The van der Waals surface area contributed by atoms with Crippen LogP contribution in [0.15, 0.2) is 60.6 Å². The first-order valence-electron chi connectivity index (χ1n) is 7.82. The predicted octanol–water partition coefficient (Wildman–Crippen LogP) is 1.68. The fourth-order valence-electron chi connectivity index (χ4n) is 2.08. The first kappa shape index (κ1) is 18.7. The zero-order valence-corrected chi connectivity index (χ0v) is 14.2. The minimum absolute atomic E-state index is 0.0277. The number of pyridine rings is 1. The maximum Gasteiger partial charge on any atom is 0.337 e. The summed E-state index contributed by atoms with van der Waals surface area (Å²) in [5.41, 5.74) is 2.16. The first-order valence-corrected chi connectivity index (χ1v) is 7.82. The van der Waals surface area contributed by atoms with Gasteiger partial charge in [-0.25, -0.2) is 4.79 Å². The molecule has 0 fully saturated rings. The van der Waals surface area contributed by atoms with Crippen LogP contribution in [0.4, 0.5) is 0 Å². The smallest absolute Gasteiger partial charge is 0.337 e. The number of esters is 1. The molecule has 0 atom stereocenters. The van der Waals surface area contributed by atoms with Crippen molar-refractivity contribution in [3.8, 4) is 6.07 Å². The fraction of sp³-hybridized carbons (Fsp3) is 0.158. The molecule has 132 valence electrons. The Morgan fingerprint density at radius 3 is 2.58 bits per heavy atom. The third-order valence-electron chi connectivity index (χ3n) is 3.47. The summed E-state index contributed by atoms with van der Waals surface area (Å²) in [5, 5.41) is 14.7. The number of amides is 1. The summed E-state index contributed by atoms with van der Waals surface area (Å²) in [7, 11) is 1.32. The Balaban J connectivity index is 1.87. The highest BCUT2D eigenvalue weighted by atomic mass is 16.5. The number of carbonyl (C=O) groups is 2. The van der Waals surface area contributed by atoms with Crippen LogP contribution in [0.5, 0.6) is 0 Å². The highest BCUT2D eigenvalue weighted by Crippen LogP contribution is 2.06. The summed E-state index contributed by atoms with van der Waals surface area (Å²) in [4.78, 5) is 27.4. The monoisotopic (exact) mass is 350 g/mol. The van der Waals surface area contributed by atoms with Crippen molar-refractivity contribution in [2.24, 2.45) is 0 Å². The highest BCUT2D eigenvalue weighted by molar-refractivity contribution is 5.97. The summed E-state index contributed by atoms with van der Waals surface area (Å²) in [6.45, 7) is 0.698. The summed E-state index contributed by atoms with van der Waals surface area (Å²) in [5.74, 6) is -0.869. The number of aromatic nitrogens is 1. The molecule has 2 rings (SSSR count). The molecule has 7 nitrogen and oxygen atoms in total. The van der Waals surface area contributed by atoms with Crippen LogP contribution >= 0.6 is 0 Å². The number of hydrogen-bond acceptors (Lipinski definition) is 6. The lowest BCUT2D eigenvalue weighted by Gasteiger charge is -2.06. The van der Waals surface area contributed by atoms with E-state index in [-0.39, 0.29) is 5.57 Å². The van der Waals surface area contributed by atoms with E-state index in [2.05, 4.69) is 20.4 Å². The zero-order chi connectivity index (χ0) is 18.8. The molecular formula is C19H18N4O3. The molecule has 0 aliphatic rings. The van der Waals surface area contributed by atoms with Crippen LogP contribution in [0.3, 0.4) is 0 Å². The van der Waals surface area contributed by atoms with Crippen LogP contribution in [-0.2, 0) is 22.6 Å². The summed E-state index contributed by atoms with van der Waals surface area (Å²) >= 11 is 0. The number of hydrogen-bond donors (Lipinski definition) is 2. The largest absolute Gasteiger partial charge is 0.465 e. The highest BCUT2D eigenvalue weighted by Gasteiger charge is 2.08. The molecule has 1 heterocycles. The van der Waals surface area contributed by atoms with E-state index in [0.717, 1.165) is 11.1 Å². The van der Waals surface area contributed by atoms with Crippen LogP contribution in [0.1, 0.15) is 21.5 Å². The normalized spacial score (nSPS) is 10.5. The molecule has 0 aliphatic heterocycles. The lowest BCUT2D eigenvalue weighted by atomic mass is 10.1. The number of benzene rings is 1. The topological polar surface area (TPSA) is 104 Å². The molecule has 0 saturated carbocycles. The zero-order valence-electron chi connectivity index (χ0n) is 14.2. The fourth-order valence-corrected chi connectivity index (χ4v) is 2.08. The van der Waals surface area contributed by atoms with E-state index in [1.807, 2.05) is 12.1 Å². The lowest BCUT2D eigenvalue weighted by molar-refractivity contribution is -0.117. The van der Waals surface area contributed by atoms with Crippen molar-refractivity contribution >= 4 is 11.9 Å². The Bertz CT molecular complexity index is 824. The molecule has 0 aliphatic carbocycles. The van der Waals surface area contributed by atoms with E-state index >= 15 is 0 Å². The number of carbonyl (C=O) groups excluding carboxylic acids is 2. The van der Waals surface area contributed by atoms with E-state index in [1.54, 1.807) is 42.7 Å². The van der Waals surface area contributed by atoms with Crippen molar-refractivity contribution in [1.29, 1.82) is 5.26 Å².